The average molecular weight is 401 g/mol. The largest absolute Gasteiger partial charge is 0.487 e. The smallest absolute Gasteiger partial charge is 0.150 e. The molecule has 0 spiro atoms. The van der Waals surface area contributed by atoms with Gasteiger partial charge in [-0.1, -0.05) is 60.0 Å². The zero-order valence-corrected chi connectivity index (χ0v) is 18.8. The zero-order valence-electron chi connectivity index (χ0n) is 18.8. The normalized spacial score (nSPS) is 25.1. The second-order valence-electron chi connectivity index (χ2n) is 7.57. The average Bonchev–Trinajstić information content (AvgIpc) is 2.69. The van der Waals surface area contributed by atoms with Crippen LogP contribution in [0, 0.1) is 0 Å². The molecular formula is C23H44O5. The van der Waals surface area contributed by atoms with Gasteiger partial charge in [-0.2, -0.15) is 0 Å². The Kier molecular flexibility index (Phi) is 14.7. The van der Waals surface area contributed by atoms with Gasteiger partial charge in [-0.25, -0.2) is 0 Å². The van der Waals surface area contributed by atoms with Gasteiger partial charge >= 0.3 is 0 Å². The van der Waals surface area contributed by atoms with Gasteiger partial charge in [0.05, 0.1) is 6.61 Å². The van der Waals surface area contributed by atoms with E-state index < -0.39 is 0 Å². The van der Waals surface area contributed by atoms with E-state index in [1.165, 1.54) is 0 Å². The summed E-state index contributed by atoms with van der Waals surface area (Å²) in [6, 6.07) is 0. The molecule has 0 aromatic carbocycles. The van der Waals surface area contributed by atoms with Crippen LogP contribution in [0.4, 0.5) is 0 Å². The predicted molar refractivity (Wildman–Crippen MR) is 114 cm³/mol. The third-order valence-electron chi connectivity index (χ3n) is 4.94. The maximum atomic E-state index is 6.29. The van der Waals surface area contributed by atoms with E-state index in [1.54, 1.807) is 0 Å². The Balaban J connectivity index is 2.86. The topological polar surface area (TPSA) is 46.2 Å². The molecule has 1 aliphatic rings. The van der Waals surface area contributed by atoms with Crippen molar-refractivity contribution in [2.24, 2.45) is 0 Å². The third-order valence-corrected chi connectivity index (χ3v) is 4.94. The lowest BCUT2D eigenvalue weighted by Crippen LogP contribution is -2.56. The Labute approximate surface area is 173 Å². The Bertz CT molecular complexity index is 387. The summed E-state index contributed by atoms with van der Waals surface area (Å²) < 4.78 is 30.7. The van der Waals surface area contributed by atoms with Gasteiger partial charge in [0.15, 0.2) is 6.10 Å². The lowest BCUT2D eigenvalue weighted by atomic mass is 9.97. The maximum absolute atomic E-state index is 6.29. The molecular weight excluding hydrogens is 356 g/mol. The summed E-state index contributed by atoms with van der Waals surface area (Å²) in [6.07, 6.45) is 7.58. The fraction of sp³-hybridized carbons (Fsp3) is 0.913. The fourth-order valence-corrected chi connectivity index (χ4v) is 3.12. The molecule has 5 heteroatoms. The van der Waals surface area contributed by atoms with Crippen LogP contribution < -0.4 is 0 Å². The van der Waals surface area contributed by atoms with Crippen LogP contribution in [0.5, 0.6) is 0 Å². The van der Waals surface area contributed by atoms with E-state index in [2.05, 4.69) is 34.3 Å². The van der Waals surface area contributed by atoms with E-state index >= 15 is 0 Å². The molecule has 0 unspecified atom stereocenters. The Morgan fingerprint density at radius 2 is 1.21 bits per heavy atom. The van der Waals surface area contributed by atoms with Crippen molar-refractivity contribution in [1.82, 2.24) is 0 Å². The number of ether oxygens (including phenoxy) is 5. The summed E-state index contributed by atoms with van der Waals surface area (Å²) in [5.41, 5.74) is 0. The maximum Gasteiger partial charge on any atom is 0.150 e. The number of hydrogen-bond donors (Lipinski definition) is 0. The summed E-state index contributed by atoms with van der Waals surface area (Å²) in [7, 11) is 0. The van der Waals surface area contributed by atoms with Gasteiger partial charge in [-0.05, 0) is 25.7 Å². The van der Waals surface area contributed by atoms with Crippen molar-refractivity contribution in [2.75, 3.05) is 33.0 Å². The predicted octanol–water partition coefficient (Wildman–Crippen LogP) is 5.27. The van der Waals surface area contributed by atoms with E-state index in [1.807, 2.05) is 0 Å². The number of rotatable bonds is 17. The lowest BCUT2D eigenvalue weighted by molar-refractivity contribution is -0.214. The van der Waals surface area contributed by atoms with E-state index in [-0.39, 0.29) is 24.4 Å². The van der Waals surface area contributed by atoms with Crippen LogP contribution in [0.25, 0.3) is 0 Å². The van der Waals surface area contributed by atoms with Crippen LogP contribution in [-0.4, -0.2) is 57.5 Å². The minimum absolute atomic E-state index is 0.206. The van der Waals surface area contributed by atoms with Crippen molar-refractivity contribution in [3.05, 3.63) is 12.3 Å². The first-order valence-corrected chi connectivity index (χ1v) is 11.5. The number of unbranched alkanes of at least 4 members (excludes halogenated alkanes) is 4. The minimum atomic E-state index is -0.290. The first-order valence-electron chi connectivity index (χ1n) is 11.5. The molecule has 28 heavy (non-hydrogen) atoms. The first-order chi connectivity index (χ1) is 13.7. The van der Waals surface area contributed by atoms with Crippen molar-refractivity contribution >= 4 is 0 Å². The minimum Gasteiger partial charge on any atom is -0.487 e. The van der Waals surface area contributed by atoms with Gasteiger partial charge in [-0.3, -0.25) is 0 Å². The standard InChI is InChI=1S/C23H44O5/c1-6-10-14-24-18-20-22(26-16-12-8-3)23(27-17-13-9-4)21(19(5)28-20)25-15-11-7-2/h20-23H,5-18H2,1-4H3/t20-,21+,22-,23-/m1/s1. The molecule has 0 aromatic heterocycles. The fourth-order valence-electron chi connectivity index (χ4n) is 3.12. The second-order valence-corrected chi connectivity index (χ2v) is 7.57. The van der Waals surface area contributed by atoms with Crippen LogP contribution in [-0.2, 0) is 23.7 Å². The molecule has 0 aliphatic carbocycles. The number of hydrogen-bond acceptors (Lipinski definition) is 5. The van der Waals surface area contributed by atoms with Crippen LogP contribution in [0.1, 0.15) is 79.1 Å². The molecule has 4 atom stereocenters. The highest BCUT2D eigenvalue weighted by atomic mass is 16.6. The van der Waals surface area contributed by atoms with E-state index in [0.717, 1.165) is 58.0 Å². The Morgan fingerprint density at radius 1 is 0.714 bits per heavy atom. The van der Waals surface area contributed by atoms with E-state index in [9.17, 15) is 0 Å². The molecule has 1 heterocycles. The quantitative estimate of drug-likeness (QED) is 0.311. The van der Waals surface area contributed by atoms with Crippen LogP contribution >= 0.6 is 0 Å². The van der Waals surface area contributed by atoms with Crippen molar-refractivity contribution in [3.63, 3.8) is 0 Å². The van der Waals surface area contributed by atoms with E-state index in [0.29, 0.717) is 32.2 Å². The highest BCUT2D eigenvalue weighted by molar-refractivity contribution is 5.07. The molecule has 166 valence electrons. The van der Waals surface area contributed by atoms with Gasteiger partial charge < -0.3 is 23.7 Å². The molecule has 1 aliphatic heterocycles. The monoisotopic (exact) mass is 400 g/mol. The van der Waals surface area contributed by atoms with Crippen LogP contribution in [0.2, 0.25) is 0 Å². The van der Waals surface area contributed by atoms with Crippen molar-refractivity contribution < 1.29 is 23.7 Å². The van der Waals surface area contributed by atoms with E-state index in [4.69, 9.17) is 23.7 Å². The highest BCUT2D eigenvalue weighted by Crippen LogP contribution is 2.30. The molecule has 5 nitrogen and oxygen atoms in total. The molecule has 0 radical (unpaired) electrons. The molecule has 0 amide bonds. The molecule has 1 rings (SSSR count). The van der Waals surface area contributed by atoms with Gasteiger partial charge in [-0.15, -0.1) is 0 Å². The molecule has 0 saturated carbocycles. The zero-order chi connectivity index (χ0) is 20.6. The lowest BCUT2D eigenvalue weighted by Gasteiger charge is -2.43. The molecule has 1 fully saturated rings. The van der Waals surface area contributed by atoms with Gasteiger partial charge in [0.2, 0.25) is 0 Å². The first kappa shape index (κ1) is 25.4. The molecule has 0 aromatic rings. The van der Waals surface area contributed by atoms with Gasteiger partial charge in [0.1, 0.15) is 24.1 Å². The summed E-state index contributed by atoms with van der Waals surface area (Å²) >= 11 is 0. The summed E-state index contributed by atoms with van der Waals surface area (Å²) in [4.78, 5) is 0. The summed E-state index contributed by atoms with van der Waals surface area (Å²) in [5, 5.41) is 0. The van der Waals surface area contributed by atoms with Crippen molar-refractivity contribution in [1.29, 1.82) is 0 Å². The Hall–Kier alpha value is -0.620. The summed E-state index contributed by atoms with van der Waals surface area (Å²) in [6.45, 7) is 16.1. The molecule has 0 bridgehead atoms. The highest BCUT2D eigenvalue weighted by Gasteiger charge is 2.45. The van der Waals surface area contributed by atoms with Gasteiger partial charge in [0.25, 0.3) is 0 Å². The van der Waals surface area contributed by atoms with Crippen LogP contribution in [0.15, 0.2) is 12.3 Å². The van der Waals surface area contributed by atoms with Crippen molar-refractivity contribution in [3.8, 4) is 0 Å². The van der Waals surface area contributed by atoms with Crippen molar-refractivity contribution in [2.45, 2.75) is 103 Å². The summed E-state index contributed by atoms with van der Waals surface area (Å²) in [5.74, 6) is 0.636. The van der Waals surface area contributed by atoms with Gasteiger partial charge in [0, 0.05) is 26.4 Å². The third kappa shape index (κ3) is 9.25. The van der Waals surface area contributed by atoms with Crippen LogP contribution in [0.3, 0.4) is 0 Å². The SMILES string of the molecule is C=C1O[C@H](COCCCC)[C@@H](OCCCC)[C@H](OCCCC)[C@H]1OCCCC. The molecule has 0 N–H and O–H groups in total. The molecule has 1 saturated heterocycles. The Morgan fingerprint density at radius 3 is 1.79 bits per heavy atom. The second kappa shape index (κ2) is 16.2.